The molecule has 1 aromatic heterocycles. The fraction of sp³-hybridized carbons (Fsp3) is 0.412. The van der Waals surface area contributed by atoms with Gasteiger partial charge in [-0.05, 0) is 19.4 Å². The van der Waals surface area contributed by atoms with E-state index in [0.717, 1.165) is 24.3 Å². The molecule has 1 aromatic carbocycles. The molecule has 1 saturated heterocycles. The highest BCUT2D eigenvalue weighted by Crippen LogP contribution is 2.20. The molecular formula is C17H23Cl2N3O2. The summed E-state index contributed by atoms with van der Waals surface area (Å²) in [5, 5.41) is 6.32. The highest BCUT2D eigenvalue weighted by Gasteiger charge is 2.15. The Morgan fingerprint density at radius 2 is 2.08 bits per heavy atom. The van der Waals surface area contributed by atoms with Gasteiger partial charge in [0.25, 0.3) is 0 Å². The first kappa shape index (κ1) is 20.5. The molecule has 24 heavy (non-hydrogen) atoms. The second-order valence-corrected chi connectivity index (χ2v) is 5.58. The first-order valence-corrected chi connectivity index (χ1v) is 7.81. The highest BCUT2D eigenvalue weighted by molar-refractivity contribution is 5.85. The number of aromatic nitrogens is 1. The van der Waals surface area contributed by atoms with Crippen molar-refractivity contribution in [1.29, 1.82) is 0 Å². The Morgan fingerprint density at radius 3 is 2.79 bits per heavy atom. The zero-order valence-electron chi connectivity index (χ0n) is 13.4. The predicted octanol–water partition coefficient (Wildman–Crippen LogP) is 2.99. The third-order valence-corrected chi connectivity index (χ3v) is 3.89. The minimum Gasteiger partial charge on any atom is -0.441 e. The van der Waals surface area contributed by atoms with Crippen LogP contribution in [0.3, 0.4) is 0 Å². The molecule has 0 spiro atoms. The van der Waals surface area contributed by atoms with E-state index < -0.39 is 0 Å². The number of nitrogens with one attached hydrogen (secondary N) is 2. The maximum Gasteiger partial charge on any atom is 0.220 e. The lowest BCUT2D eigenvalue weighted by atomic mass is 10.2. The number of oxazole rings is 1. The number of amides is 1. The summed E-state index contributed by atoms with van der Waals surface area (Å²) < 4.78 is 5.69. The number of hydrogen-bond donors (Lipinski definition) is 2. The molecule has 1 fully saturated rings. The third kappa shape index (κ3) is 5.82. The molecule has 1 aliphatic rings. The van der Waals surface area contributed by atoms with Crippen molar-refractivity contribution < 1.29 is 9.21 Å². The molecule has 1 amide bonds. The van der Waals surface area contributed by atoms with Gasteiger partial charge in [0, 0.05) is 31.0 Å². The van der Waals surface area contributed by atoms with Crippen LogP contribution in [0.5, 0.6) is 0 Å². The number of nitrogens with zero attached hydrogens (tertiary/aromatic N) is 1. The van der Waals surface area contributed by atoms with Gasteiger partial charge in [0.1, 0.15) is 0 Å². The highest BCUT2D eigenvalue weighted by atomic mass is 35.5. The van der Waals surface area contributed by atoms with E-state index in [9.17, 15) is 4.79 Å². The average Bonchev–Trinajstić information content (AvgIpc) is 3.23. The topological polar surface area (TPSA) is 67.2 Å². The van der Waals surface area contributed by atoms with Crippen LogP contribution in [-0.2, 0) is 11.2 Å². The quantitative estimate of drug-likeness (QED) is 0.818. The molecule has 0 radical (unpaired) electrons. The normalized spacial score (nSPS) is 16.1. The van der Waals surface area contributed by atoms with Gasteiger partial charge in [-0.25, -0.2) is 4.98 Å². The molecule has 3 rings (SSSR count). The Kier molecular flexibility index (Phi) is 8.82. The van der Waals surface area contributed by atoms with E-state index in [4.69, 9.17) is 4.42 Å². The van der Waals surface area contributed by atoms with Crippen LogP contribution in [0.2, 0.25) is 0 Å². The van der Waals surface area contributed by atoms with Crippen LogP contribution in [0, 0.1) is 0 Å². The molecule has 0 saturated carbocycles. The number of benzene rings is 1. The van der Waals surface area contributed by atoms with Crippen molar-refractivity contribution in [2.45, 2.75) is 31.7 Å². The Balaban J connectivity index is 0.00000144. The van der Waals surface area contributed by atoms with Crippen molar-refractivity contribution >= 4 is 30.7 Å². The van der Waals surface area contributed by atoms with Gasteiger partial charge >= 0.3 is 0 Å². The van der Waals surface area contributed by atoms with Gasteiger partial charge in [0.2, 0.25) is 5.91 Å². The molecule has 7 heteroatoms. The van der Waals surface area contributed by atoms with Crippen molar-refractivity contribution in [3.8, 4) is 11.3 Å². The molecule has 1 atom stereocenters. The molecule has 2 aromatic rings. The molecule has 0 bridgehead atoms. The van der Waals surface area contributed by atoms with Gasteiger partial charge in [-0.15, -0.1) is 24.8 Å². The van der Waals surface area contributed by atoms with E-state index in [1.165, 1.54) is 6.42 Å². The second-order valence-electron chi connectivity index (χ2n) is 5.58. The molecule has 1 unspecified atom stereocenters. The largest absolute Gasteiger partial charge is 0.441 e. The van der Waals surface area contributed by atoms with Crippen LogP contribution in [0.25, 0.3) is 11.3 Å². The van der Waals surface area contributed by atoms with Gasteiger partial charge < -0.3 is 15.1 Å². The van der Waals surface area contributed by atoms with Crippen LogP contribution >= 0.6 is 24.8 Å². The minimum absolute atomic E-state index is 0. The lowest BCUT2D eigenvalue weighted by Crippen LogP contribution is -2.37. The fourth-order valence-corrected chi connectivity index (χ4v) is 2.64. The van der Waals surface area contributed by atoms with Crippen LogP contribution in [0.4, 0.5) is 0 Å². The Labute approximate surface area is 154 Å². The zero-order valence-corrected chi connectivity index (χ0v) is 15.0. The Hall–Kier alpha value is -1.56. The third-order valence-electron chi connectivity index (χ3n) is 3.89. The maximum atomic E-state index is 11.8. The van der Waals surface area contributed by atoms with Crippen LogP contribution < -0.4 is 10.6 Å². The minimum atomic E-state index is 0. The number of rotatable bonds is 6. The van der Waals surface area contributed by atoms with Crippen molar-refractivity contribution in [2.75, 3.05) is 13.1 Å². The summed E-state index contributed by atoms with van der Waals surface area (Å²) in [6, 6.07) is 10.3. The number of hydrogen-bond acceptors (Lipinski definition) is 4. The SMILES string of the molecule is Cl.Cl.O=C(CCc1ncc(-c2ccccc2)o1)NCC1CCCN1. The summed E-state index contributed by atoms with van der Waals surface area (Å²) in [6.07, 6.45) is 4.98. The van der Waals surface area contributed by atoms with Gasteiger partial charge in [-0.1, -0.05) is 30.3 Å². The summed E-state index contributed by atoms with van der Waals surface area (Å²) >= 11 is 0. The van der Waals surface area contributed by atoms with Crippen molar-refractivity contribution in [3.63, 3.8) is 0 Å². The van der Waals surface area contributed by atoms with Crippen LogP contribution in [-0.4, -0.2) is 30.0 Å². The van der Waals surface area contributed by atoms with E-state index in [0.29, 0.717) is 31.3 Å². The smallest absolute Gasteiger partial charge is 0.220 e. The van der Waals surface area contributed by atoms with E-state index in [-0.39, 0.29) is 30.7 Å². The van der Waals surface area contributed by atoms with Crippen LogP contribution in [0.15, 0.2) is 40.9 Å². The monoisotopic (exact) mass is 371 g/mol. The molecule has 2 heterocycles. The summed E-state index contributed by atoms with van der Waals surface area (Å²) in [4.78, 5) is 16.1. The Morgan fingerprint density at radius 1 is 1.29 bits per heavy atom. The lowest BCUT2D eigenvalue weighted by molar-refractivity contribution is -0.121. The second kappa shape index (κ2) is 10.3. The van der Waals surface area contributed by atoms with Crippen molar-refractivity contribution in [2.24, 2.45) is 0 Å². The van der Waals surface area contributed by atoms with Crippen LogP contribution in [0.1, 0.15) is 25.2 Å². The number of carbonyl (C=O) groups excluding carboxylic acids is 1. The molecular weight excluding hydrogens is 349 g/mol. The summed E-state index contributed by atoms with van der Waals surface area (Å²) in [5.41, 5.74) is 0.998. The fourth-order valence-electron chi connectivity index (χ4n) is 2.64. The van der Waals surface area contributed by atoms with Crippen molar-refractivity contribution in [3.05, 3.63) is 42.4 Å². The number of halogens is 2. The summed E-state index contributed by atoms with van der Waals surface area (Å²) in [7, 11) is 0. The van der Waals surface area contributed by atoms with E-state index in [2.05, 4.69) is 15.6 Å². The summed E-state index contributed by atoms with van der Waals surface area (Å²) in [5.74, 6) is 1.40. The lowest BCUT2D eigenvalue weighted by Gasteiger charge is -2.10. The van der Waals surface area contributed by atoms with Crippen molar-refractivity contribution in [1.82, 2.24) is 15.6 Å². The molecule has 5 nitrogen and oxygen atoms in total. The van der Waals surface area contributed by atoms with Gasteiger partial charge in [0.15, 0.2) is 11.7 Å². The average molecular weight is 372 g/mol. The zero-order chi connectivity index (χ0) is 15.2. The maximum absolute atomic E-state index is 11.8. The Bertz CT molecular complexity index is 613. The summed E-state index contributed by atoms with van der Waals surface area (Å²) in [6.45, 7) is 1.76. The molecule has 1 aliphatic heterocycles. The number of carbonyl (C=O) groups is 1. The van der Waals surface area contributed by atoms with Gasteiger partial charge in [0.05, 0.1) is 6.20 Å². The van der Waals surface area contributed by atoms with E-state index in [1.807, 2.05) is 30.3 Å². The number of aryl methyl sites for hydroxylation is 1. The van der Waals surface area contributed by atoms with Gasteiger partial charge in [-0.2, -0.15) is 0 Å². The molecule has 0 aliphatic carbocycles. The predicted molar refractivity (Wildman–Crippen MR) is 98.8 cm³/mol. The van der Waals surface area contributed by atoms with Gasteiger partial charge in [-0.3, -0.25) is 4.79 Å². The molecule has 2 N–H and O–H groups in total. The first-order chi connectivity index (χ1) is 10.8. The first-order valence-electron chi connectivity index (χ1n) is 7.81. The standard InChI is InChI=1S/C17H21N3O2.2ClH/c21-16(19-11-14-7-4-10-18-14)8-9-17-20-12-15(22-17)13-5-2-1-3-6-13;;/h1-3,5-6,12,14,18H,4,7-11H2,(H,19,21);2*1H. The van der Waals surface area contributed by atoms with E-state index in [1.54, 1.807) is 6.20 Å². The van der Waals surface area contributed by atoms with E-state index >= 15 is 0 Å². The molecule has 132 valence electrons.